The van der Waals surface area contributed by atoms with E-state index in [1.54, 1.807) is 38.6 Å². The van der Waals surface area contributed by atoms with Crippen molar-refractivity contribution in [2.75, 3.05) is 14.2 Å². The molecule has 0 amide bonds. The molecular formula is C16H13Br2N3O3S. The predicted octanol–water partition coefficient (Wildman–Crippen LogP) is 3.64. The first-order valence-electron chi connectivity index (χ1n) is 7.08. The number of nitrogens with zero attached hydrogens (tertiary/aromatic N) is 3. The summed E-state index contributed by atoms with van der Waals surface area (Å²) in [6, 6.07) is 10.4. The summed E-state index contributed by atoms with van der Waals surface area (Å²) in [5.74, 6) is 0.904. The monoisotopic (exact) mass is 485 g/mol. The molecule has 9 heteroatoms. The summed E-state index contributed by atoms with van der Waals surface area (Å²) >= 11 is 6.86. The average Bonchev–Trinajstić information content (AvgIpc) is 2.84. The van der Waals surface area contributed by atoms with Gasteiger partial charge in [-0.25, -0.2) is 5.01 Å². The standard InChI is InChI=1S/C16H13Br2N3O3S/c1-21(16-12-5-3-4-6-14(12)25(22,23)20-16)19-9-10-7-11(17)8-13(18)15(10)24-2/h3-9H,1-2H3/b19-9+. The Balaban J connectivity index is 1.97. The zero-order chi connectivity index (χ0) is 18.2. The molecule has 0 radical (unpaired) electrons. The third kappa shape index (κ3) is 3.49. The maximum absolute atomic E-state index is 12.1. The Bertz CT molecular complexity index is 1000. The third-order valence-corrected chi connectivity index (χ3v) is 5.90. The minimum absolute atomic E-state index is 0.190. The Labute approximate surface area is 162 Å². The van der Waals surface area contributed by atoms with Crippen molar-refractivity contribution >= 4 is 53.9 Å². The number of amidine groups is 1. The van der Waals surface area contributed by atoms with Crippen LogP contribution in [0.4, 0.5) is 0 Å². The van der Waals surface area contributed by atoms with Gasteiger partial charge in [-0.05, 0) is 40.2 Å². The smallest absolute Gasteiger partial charge is 0.285 e. The molecule has 1 aliphatic heterocycles. The van der Waals surface area contributed by atoms with Crippen molar-refractivity contribution < 1.29 is 13.2 Å². The van der Waals surface area contributed by atoms with Crippen LogP contribution in [0.2, 0.25) is 0 Å². The van der Waals surface area contributed by atoms with Gasteiger partial charge in [-0.15, -0.1) is 4.40 Å². The van der Waals surface area contributed by atoms with Gasteiger partial charge in [-0.2, -0.15) is 13.5 Å². The number of rotatable bonds is 3. The normalized spacial score (nSPS) is 15.1. The summed E-state index contributed by atoms with van der Waals surface area (Å²) in [5.41, 5.74) is 1.26. The molecule has 6 nitrogen and oxygen atoms in total. The first-order chi connectivity index (χ1) is 11.8. The molecule has 0 N–H and O–H groups in total. The number of methoxy groups -OCH3 is 1. The molecule has 1 aliphatic rings. The summed E-state index contributed by atoms with van der Waals surface area (Å²) in [6.45, 7) is 0. The van der Waals surface area contributed by atoms with Crippen molar-refractivity contribution in [2.24, 2.45) is 9.50 Å². The quantitative estimate of drug-likeness (QED) is 0.490. The predicted molar refractivity (Wildman–Crippen MR) is 104 cm³/mol. The van der Waals surface area contributed by atoms with Crippen molar-refractivity contribution in [1.29, 1.82) is 0 Å². The molecule has 1 heterocycles. The summed E-state index contributed by atoms with van der Waals surface area (Å²) in [5, 5.41) is 5.75. The molecule has 0 saturated carbocycles. The van der Waals surface area contributed by atoms with Gasteiger partial charge in [0.1, 0.15) is 10.6 Å². The van der Waals surface area contributed by atoms with Crippen LogP contribution in [0.25, 0.3) is 0 Å². The van der Waals surface area contributed by atoms with Crippen LogP contribution in [-0.4, -0.2) is 39.6 Å². The van der Waals surface area contributed by atoms with Gasteiger partial charge in [0.15, 0.2) is 5.84 Å². The largest absolute Gasteiger partial charge is 0.495 e. The fourth-order valence-corrected chi connectivity index (χ4v) is 5.07. The highest BCUT2D eigenvalue weighted by molar-refractivity contribution is 9.11. The molecule has 130 valence electrons. The van der Waals surface area contributed by atoms with E-state index in [-0.39, 0.29) is 10.7 Å². The van der Waals surface area contributed by atoms with Crippen LogP contribution in [-0.2, 0) is 10.0 Å². The molecule has 2 aromatic rings. The van der Waals surface area contributed by atoms with Crippen LogP contribution < -0.4 is 4.74 Å². The zero-order valence-electron chi connectivity index (χ0n) is 13.3. The summed E-state index contributed by atoms with van der Waals surface area (Å²) in [7, 11) is -0.463. The number of halogens is 2. The molecule has 0 atom stereocenters. The Hall–Kier alpha value is -1.71. The number of benzene rings is 2. The summed E-state index contributed by atoms with van der Waals surface area (Å²) in [6.07, 6.45) is 1.59. The van der Waals surface area contributed by atoms with E-state index >= 15 is 0 Å². The SMILES string of the molecule is COc1c(Br)cc(Br)cc1/C=N/N(C)C1=NS(=O)(=O)c2ccccc21. The van der Waals surface area contributed by atoms with Gasteiger partial charge in [0, 0.05) is 22.6 Å². The Kier molecular flexibility index (Phi) is 4.99. The van der Waals surface area contributed by atoms with Crippen molar-refractivity contribution in [2.45, 2.75) is 4.90 Å². The van der Waals surface area contributed by atoms with Gasteiger partial charge < -0.3 is 4.74 Å². The molecule has 3 rings (SSSR count). The van der Waals surface area contributed by atoms with Crippen LogP contribution >= 0.6 is 31.9 Å². The van der Waals surface area contributed by atoms with E-state index in [2.05, 4.69) is 41.4 Å². The van der Waals surface area contributed by atoms with Crippen LogP contribution in [0, 0.1) is 0 Å². The van der Waals surface area contributed by atoms with E-state index in [0.717, 1.165) is 14.5 Å². The van der Waals surface area contributed by atoms with Crippen LogP contribution in [0.1, 0.15) is 11.1 Å². The summed E-state index contributed by atoms with van der Waals surface area (Å²) < 4.78 is 35.1. The van der Waals surface area contributed by atoms with E-state index in [1.165, 1.54) is 11.1 Å². The molecule has 0 bridgehead atoms. The van der Waals surface area contributed by atoms with Gasteiger partial charge in [0.2, 0.25) is 0 Å². The molecule has 0 saturated heterocycles. The van der Waals surface area contributed by atoms with Crippen molar-refractivity contribution in [1.82, 2.24) is 5.01 Å². The zero-order valence-corrected chi connectivity index (χ0v) is 17.3. The van der Waals surface area contributed by atoms with E-state index in [1.807, 2.05) is 12.1 Å². The molecule has 0 unspecified atom stereocenters. The topological polar surface area (TPSA) is 71.3 Å². The van der Waals surface area contributed by atoms with Crippen LogP contribution in [0.3, 0.4) is 0 Å². The lowest BCUT2D eigenvalue weighted by Gasteiger charge is -2.13. The van der Waals surface area contributed by atoms with Crippen molar-refractivity contribution in [3.63, 3.8) is 0 Å². The van der Waals surface area contributed by atoms with Gasteiger partial charge in [0.05, 0.1) is 17.8 Å². The first-order valence-corrected chi connectivity index (χ1v) is 10.1. The van der Waals surface area contributed by atoms with E-state index < -0.39 is 10.0 Å². The second-order valence-corrected chi connectivity index (χ2v) is 8.51. The minimum Gasteiger partial charge on any atom is -0.495 e. The molecule has 0 fully saturated rings. The van der Waals surface area contributed by atoms with Gasteiger partial charge in [0.25, 0.3) is 10.0 Å². The Morgan fingerprint density at radius 1 is 1.24 bits per heavy atom. The number of hydrogen-bond acceptors (Lipinski definition) is 5. The van der Waals surface area contributed by atoms with Gasteiger partial charge in [-0.1, -0.05) is 28.1 Å². The van der Waals surface area contributed by atoms with Crippen molar-refractivity contribution in [3.8, 4) is 5.75 Å². The van der Waals surface area contributed by atoms with Gasteiger partial charge >= 0.3 is 0 Å². The van der Waals surface area contributed by atoms with Crippen LogP contribution in [0.15, 0.2) is 59.7 Å². The molecule has 2 aromatic carbocycles. The number of sulfonamides is 1. The van der Waals surface area contributed by atoms with E-state index in [9.17, 15) is 8.42 Å². The molecule has 0 aromatic heterocycles. The highest BCUT2D eigenvalue weighted by Crippen LogP contribution is 2.32. The Morgan fingerprint density at radius 3 is 2.68 bits per heavy atom. The second-order valence-electron chi connectivity index (χ2n) is 5.16. The maximum atomic E-state index is 12.1. The third-order valence-electron chi connectivity index (χ3n) is 3.53. The van der Waals surface area contributed by atoms with Crippen molar-refractivity contribution in [3.05, 3.63) is 56.5 Å². The van der Waals surface area contributed by atoms with E-state index in [0.29, 0.717) is 11.3 Å². The molecule has 25 heavy (non-hydrogen) atoms. The summed E-state index contributed by atoms with van der Waals surface area (Å²) in [4.78, 5) is 0.190. The molecule has 0 aliphatic carbocycles. The molecular weight excluding hydrogens is 474 g/mol. The average molecular weight is 487 g/mol. The highest BCUT2D eigenvalue weighted by atomic mass is 79.9. The lowest BCUT2D eigenvalue weighted by atomic mass is 10.2. The number of hydrogen-bond donors (Lipinski definition) is 0. The van der Waals surface area contributed by atoms with Gasteiger partial charge in [-0.3, -0.25) is 0 Å². The lowest BCUT2D eigenvalue weighted by Crippen LogP contribution is -2.21. The molecule has 0 spiro atoms. The lowest BCUT2D eigenvalue weighted by molar-refractivity contribution is 0.411. The van der Waals surface area contributed by atoms with Crippen LogP contribution in [0.5, 0.6) is 5.75 Å². The fraction of sp³-hybridized carbons (Fsp3) is 0.125. The fourth-order valence-electron chi connectivity index (χ4n) is 2.42. The number of fused-ring (bicyclic) bond motifs is 1. The first kappa shape index (κ1) is 18.1. The number of ether oxygens (including phenoxy) is 1. The highest BCUT2D eigenvalue weighted by Gasteiger charge is 2.30. The minimum atomic E-state index is -3.68. The second kappa shape index (κ2) is 6.89. The Morgan fingerprint density at radius 2 is 1.96 bits per heavy atom. The number of hydrazone groups is 1. The van der Waals surface area contributed by atoms with E-state index in [4.69, 9.17) is 4.74 Å². The maximum Gasteiger partial charge on any atom is 0.285 e.